The Bertz CT molecular complexity index is 276. The lowest BCUT2D eigenvalue weighted by molar-refractivity contribution is 0.381. The van der Waals surface area contributed by atoms with E-state index >= 15 is 0 Å². The zero-order chi connectivity index (χ0) is 13.3. The molecule has 0 fully saturated rings. The van der Waals surface area contributed by atoms with Crippen molar-refractivity contribution in [1.82, 2.24) is 0 Å². The highest BCUT2D eigenvalue weighted by molar-refractivity contribution is 5.03. The fourth-order valence-corrected chi connectivity index (χ4v) is 1.76. The third-order valence-corrected chi connectivity index (χ3v) is 3.60. The Kier molecular flexibility index (Phi) is 7.95. The van der Waals surface area contributed by atoms with Gasteiger partial charge in [0.15, 0.2) is 0 Å². The van der Waals surface area contributed by atoms with Crippen LogP contribution in [0.1, 0.15) is 66.7 Å². The van der Waals surface area contributed by atoms with E-state index in [1.165, 1.54) is 43.3 Å². The molecule has 0 aliphatic heterocycles. The van der Waals surface area contributed by atoms with E-state index in [4.69, 9.17) is 0 Å². The van der Waals surface area contributed by atoms with Crippen LogP contribution in [0.15, 0.2) is 36.0 Å². The van der Waals surface area contributed by atoms with E-state index in [9.17, 15) is 0 Å². The van der Waals surface area contributed by atoms with E-state index in [1.54, 1.807) is 0 Å². The van der Waals surface area contributed by atoms with Crippen LogP contribution >= 0.6 is 0 Å². The topological polar surface area (TPSA) is 0 Å². The lowest BCUT2D eigenvalue weighted by Gasteiger charge is -2.22. The third kappa shape index (κ3) is 8.01. The molecule has 1 unspecified atom stereocenters. The maximum atomic E-state index is 3.94. The molecule has 0 N–H and O–H groups in total. The average Bonchev–Trinajstić information content (AvgIpc) is 2.28. The van der Waals surface area contributed by atoms with Crippen molar-refractivity contribution in [3.63, 3.8) is 0 Å². The molecule has 0 heterocycles. The first kappa shape index (κ1) is 16.2. The molecule has 1 atom stereocenters. The molecule has 0 bridgehead atoms. The van der Waals surface area contributed by atoms with Crippen LogP contribution in [0.3, 0.4) is 0 Å². The molecule has 0 aromatic rings. The summed E-state index contributed by atoms with van der Waals surface area (Å²) in [6.07, 6.45) is 12.8. The standard InChI is InChI=1S/C17H30/c1-7-17(6,8-2)14-10-13-16(5)12-9-11-15(3)4/h7,11,13H,1,8-10,12,14H2,2-6H3. The van der Waals surface area contributed by atoms with Gasteiger partial charge in [-0.2, -0.15) is 0 Å². The fraction of sp³-hybridized carbons (Fsp3) is 0.647. The highest BCUT2D eigenvalue weighted by Crippen LogP contribution is 2.28. The Hall–Kier alpha value is -0.780. The van der Waals surface area contributed by atoms with Gasteiger partial charge in [0, 0.05) is 0 Å². The first-order valence-electron chi connectivity index (χ1n) is 6.86. The van der Waals surface area contributed by atoms with Gasteiger partial charge in [0.1, 0.15) is 0 Å². The summed E-state index contributed by atoms with van der Waals surface area (Å²) in [5.41, 5.74) is 3.25. The van der Waals surface area contributed by atoms with E-state index in [1.807, 2.05) is 0 Å². The monoisotopic (exact) mass is 234 g/mol. The molecule has 0 nitrogen and oxygen atoms in total. The molecule has 0 spiro atoms. The number of hydrogen-bond acceptors (Lipinski definition) is 0. The molecule has 0 saturated heterocycles. The zero-order valence-corrected chi connectivity index (χ0v) is 12.5. The van der Waals surface area contributed by atoms with Gasteiger partial charge in [-0.05, 0) is 58.3 Å². The Morgan fingerprint density at radius 3 is 2.24 bits per heavy atom. The second-order valence-corrected chi connectivity index (χ2v) is 5.62. The van der Waals surface area contributed by atoms with Crippen molar-refractivity contribution in [2.24, 2.45) is 5.41 Å². The predicted molar refractivity (Wildman–Crippen MR) is 80.3 cm³/mol. The largest absolute Gasteiger partial charge is 0.103 e. The number of rotatable bonds is 8. The molecular weight excluding hydrogens is 204 g/mol. The third-order valence-electron chi connectivity index (χ3n) is 3.60. The van der Waals surface area contributed by atoms with Crippen LogP contribution in [0.4, 0.5) is 0 Å². The van der Waals surface area contributed by atoms with Crippen molar-refractivity contribution in [3.8, 4) is 0 Å². The van der Waals surface area contributed by atoms with Crippen LogP contribution in [0.25, 0.3) is 0 Å². The molecule has 0 aromatic carbocycles. The van der Waals surface area contributed by atoms with Crippen molar-refractivity contribution >= 4 is 0 Å². The first-order chi connectivity index (χ1) is 7.93. The average molecular weight is 234 g/mol. The van der Waals surface area contributed by atoms with Gasteiger partial charge in [-0.3, -0.25) is 0 Å². The Morgan fingerprint density at radius 1 is 1.12 bits per heavy atom. The lowest BCUT2D eigenvalue weighted by atomic mass is 9.83. The maximum Gasteiger partial charge on any atom is -0.0149 e. The van der Waals surface area contributed by atoms with Crippen LogP contribution in [0, 0.1) is 5.41 Å². The van der Waals surface area contributed by atoms with Gasteiger partial charge in [-0.15, -0.1) is 6.58 Å². The van der Waals surface area contributed by atoms with E-state index in [0.717, 1.165) is 0 Å². The molecule has 0 aliphatic rings. The number of hydrogen-bond donors (Lipinski definition) is 0. The van der Waals surface area contributed by atoms with Crippen molar-refractivity contribution in [2.75, 3.05) is 0 Å². The van der Waals surface area contributed by atoms with Crippen LogP contribution in [-0.2, 0) is 0 Å². The molecule has 0 heteroatoms. The predicted octanol–water partition coefficient (Wildman–Crippen LogP) is 6.06. The van der Waals surface area contributed by atoms with Crippen LogP contribution in [-0.4, -0.2) is 0 Å². The van der Waals surface area contributed by atoms with Crippen LogP contribution < -0.4 is 0 Å². The molecule has 0 radical (unpaired) electrons. The molecule has 0 amide bonds. The van der Waals surface area contributed by atoms with E-state index < -0.39 is 0 Å². The lowest BCUT2D eigenvalue weighted by Crippen LogP contribution is -2.10. The highest BCUT2D eigenvalue weighted by atomic mass is 14.2. The first-order valence-corrected chi connectivity index (χ1v) is 6.86. The Labute approximate surface area is 109 Å². The summed E-state index contributed by atoms with van der Waals surface area (Å²) in [7, 11) is 0. The second kappa shape index (κ2) is 8.33. The Morgan fingerprint density at radius 2 is 1.76 bits per heavy atom. The van der Waals surface area contributed by atoms with Gasteiger partial charge in [0.2, 0.25) is 0 Å². The summed E-state index contributed by atoms with van der Waals surface area (Å²) in [6.45, 7) is 15.1. The SMILES string of the molecule is C=CC(C)(CC)CCC=C(C)CCC=C(C)C. The van der Waals surface area contributed by atoms with E-state index in [2.05, 4.69) is 59.4 Å². The minimum atomic E-state index is 0.316. The summed E-state index contributed by atoms with van der Waals surface area (Å²) in [5.74, 6) is 0. The minimum absolute atomic E-state index is 0.316. The smallest absolute Gasteiger partial charge is 0.0149 e. The van der Waals surface area contributed by atoms with Crippen molar-refractivity contribution in [1.29, 1.82) is 0 Å². The van der Waals surface area contributed by atoms with Crippen molar-refractivity contribution < 1.29 is 0 Å². The van der Waals surface area contributed by atoms with Gasteiger partial charge in [0.25, 0.3) is 0 Å². The van der Waals surface area contributed by atoms with Gasteiger partial charge in [0.05, 0.1) is 0 Å². The molecule has 17 heavy (non-hydrogen) atoms. The van der Waals surface area contributed by atoms with Gasteiger partial charge in [-0.1, -0.05) is 43.2 Å². The normalized spacial score (nSPS) is 15.2. The summed E-state index contributed by atoms with van der Waals surface area (Å²) < 4.78 is 0. The summed E-state index contributed by atoms with van der Waals surface area (Å²) >= 11 is 0. The Balaban J connectivity index is 3.99. The fourth-order valence-electron chi connectivity index (χ4n) is 1.76. The highest BCUT2D eigenvalue weighted by Gasteiger charge is 2.15. The maximum absolute atomic E-state index is 3.94. The molecule has 0 saturated carbocycles. The minimum Gasteiger partial charge on any atom is -0.103 e. The second-order valence-electron chi connectivity index (χ2n) is 5.62. The van der Waals surface area contributed by atoms with Gasteiger partial charge >= 0.3 is 0 Å². The van der Waals surface area contributed by atoms with E-state index in [-0.39, 0.29) is 0 Å². The molecule has 0 aromatic heterocycles. The van der Waals surface area contributed by atoms with Crippen molar-refractivity contribution in [3.05, 3.63) is 36.0 Å². The van der Waals surface area contributed by atoms with Crippen LogP contribution in [0.2, 0.25) is 0 Å². The van der Waals surface area contributed by atoms with Gasteiger partial charge < -0.3 is 0 Å². The number of allylic oxidation sites excluding steroid dienone is 5. The quantitative estimate of drug-likeness (QED) is 0.448. The zero-order valence-electron chi connectivity index (χ0n) is 12.5. The summed E-state index contributed by atoms with van der Waals surface area (Å²) in [6, 6.07) is 0. The van der Waals surface area contributed by atoms with E-state index in [0.29, 0.717) is 5.41 Å². The molecule has 0 rings (SSSR count). The molecular formula is C17H30. The summed E-state index contributed by atoms with van der Waals surface area (Å²) in [4.78, 5) is 0. The molecule has 98 valence electrons. The summed E-state index contributed by atoms with van der Waals surface area (Å²) in [5, 5.41) is 0. The van der Waals surface area contributed by atoms with Gasteiger partial charge in [-0.25, -0.2) is 0 Å². The molecule has 0 aliphatic carbocycles. The van der Waals surface area contributed by atoms with Crippen molar-refractivity contribution in [2.45, 2.75) is 66.7 Å². The van der Waals surface area contributed by atoms with Crippen LogP contribution in [0.5, 0.6) is 0 Å².